The number of hydrogen-bond donors (Lipinski definition) is 4. The van der Waals surface area contributed by atoms with E-state index < -0.39 is 0 Å². The number of fused-ring (bicyclic) bond motifs is 1. The standard InChI is InChI=1S/C16H17NO4/c18-11-2-1-3-12(7-11)21-9-14-13-8-16(20)15(19)6-10(13)4-5-17-14/h1-3,6-8,14,17-20H,4-5,9H2. The van der Waals surface area contributed by atoms with Crippen molar-refractivity contribution in [3.8, 4) is 23.0 Å². The van der Waals surface area contributed by atoms with Crippen LogP contribution in [0.1, 0.15) is 17.2 Å². The molecule has 1 aliphatic heterocycles. The molecule has 0 aromatic heterocycles. The van der Waals surface area contributed by atoms with E-state index >= 15 is 0 Å². The van der Waals surface area contributed by atoms with Crippen LogP contribution in [0, 0.1) is 0 Å². The largest absolute Gasteiger partial charge is 0.508 e. The van der Waals surface area contributed by atoms with Crippen molar-refractivity contribution in [3.05, 3.63) is 47.5 Å². The molecule has 0 fully saturated rings. The number of hydrogen-bond acceptors (Lipinski definition) is 5. The minimum Gasteiger partial charge on any atom is -0.508 e. The number of nitrogens with one attached hydrogen (secondary N) is 1. The summed E-state index contributed by atoms with van der Waals surface area (Å²) in [6.07, 6.45) is 0.797. The van der Waals surface area contributed by atoms with Gasteiger partial charge in [-0.15, -0.1) is 0 Å². The van der Waals surface area contributed by atoms with E-state index in [9.17, 15) is 15.3 Å². The number of phenolic OH excluding ortho intramolecular Hbond substituents is 3. The molecular formula is C16H17NO4. The Bertz CT molecular complexity index is 657. The van der Waals surface area contributed by atoms with Crippen LogP contribution in [0.2, 0.25) is 0 Å². The fraction of sp³-hybridized carbons (Fsp3) is 0.250. The summed E-state index contributed by atoms with van der Waals surface area (Å²) in [4.78, 5) is 0. The molecule has 0 saturated carbocycles. The Labute approximate surface area is 122 Å². The van der Waals surface area contributed by atoms with E-state index in [0.29, 0.717) is 12.4 Å². The summed E-state index contributed by atoms with van der Waals surface area (Å²) in [7, 11) is 0. The first kappa shape index (κ1) is 13.6. The van der Waals surface area contributed by atoms with E-state index in [1.54, 1.807) is 36.4 Å². The first-order valence-electron chi connectivity index (χ1n) is 6.83. The molecule has 21 heavy (non-hydrogen) atoms. The van der Waals surface area contributed by atoms with Crippen molar-refractivity contribution in [2.45, 2.75) is 12.5 Å². The first-order valence-corrected chi connectivity index (χ1v) is 6.83. The maximum absolute atomic E-state index is 9.66. The van der Waals surface area contributed by atoms with Gasteiger partial charge < -0.3 is 25.4 Å². The Hall–Kier alpha value is -2.40. The Morgan fingerprint density at radius 1 is 1.10 bits per heavy atom. The zero-order chi connectivity index (χ0) is 14.8. The molecule has 1 aliphatic rings. The first-order chi connectivity index (χ1) is 10.1. The minimum atomic E-state index is -0.125. The molecule has 5 nitrogen and oxygen atoms in total. The van der Waals surface area contributed by atoms with E-state index in [2.05, 4.69) is 5.32 Å². The second-order valence-corrected chi connectivity index (χ2v) is 5.10. The van der Waals surface area contributed by atoms with Gasteiger partial charge in [0.1, 0.15) is 18.1 Å². The topological polar surface area (TPSA) is 82.0 Å². The fourth-order valence-corrected chi connectivity index (χ4v) is 2.57. The highest BCUT2D eigenvalue weighted by Crippen LogP contribution is 2.34. The molecule has 0 bridgehead atoms. The molecule has 2 aromatic carbocycles. The molecule has 0 radical (unpaired) electrons. The third-order valence-corrected chi connectivity index (χ3v) is 3.63. The molecule has 0 spiro atoms. The fourth-order valence-electron chi connectivity index (χ4n) is 2.57. The zero-order valence-electron chi connectivity index (χ0n) is 11.4. The van der Waals surface area contributed by atoms with Gasteiger partial charge in [0, 0.05) is 6.07 Å². The van der Waals surface area contributed by atoms with Gasteiger partial charge >= 0.3 is 0 Å². The van der Waals surface area contributed by atoms with Crippen LogP contribution in [0.3, 0.4) is 0 Å². The summed E-state index contributed by atoms with van der Waals surface area (Å²) in [5.74, 6) is 0.530. The summed E-state index contributed by atoms with van der Waals surface area (Å²) >= 11 is 0. The predicted molar refractivity (Wildman–Crippen MR) is 77.8 cm³/mol. The molecule has 2 aromatic rings. The van der Waals surface area contributed by atoms with E-state index in [1.807, 2.05) is 0 Å². The third-order valence-electron chi connectivity index (χ3n) is 3.63. The normalized spacial score (nSPS) is 17.2. The van der Waals surface area contributed by atoms with Gasteiger partial charge in [-0.05, 0) is 48.4 Å². The molecule has 1 heterocycles. The van der Waals surface area contributed by atoms with Crippen molar-refractivity contribution in [1.29, 1.82) is 0 Å². The summed E-state index contributed by atoms with van der Waals surface area (Å²) in [5.41, 5.74) is 1.94. The highest BCUT2D eigenvalue weighted by atomic mass is 16.5. The maximum Gasteiger partial charge on any atom is 0.157 e. The van der Waals surface area contributed by atoms with Gasteiger partial charge in [0.25, 0.3) is 0 Å². The smallest absolute Gasteiger partial charge is 0.157 e. The number of benzene rings is 2. The van der Waals surface area contributed by atoms with Gasteiger partial charge in [0.2, 0.25) is 0 Å². The Kier molecular flexibility index (Phi) is 3.58. The third kappa shape index (κ3) is 2.87. The van der Waals surface area contributed by atoms with Crippen LogP contribution < -0.4 is 10.1 Å². The van der Waals surface area contributed by atoms with Crippen molar-refractivity contribution < 1.29 is 20.1 Å². The lowest BCUT2D eigenvalue weighted by Gasteiger charge is -2.27. The predicted octanol–water partition coefficient (Wildman–Crippen LogP) is 2.07. The molecule has 1 unspecified atom stereocenters. The van der Waals surface area contributed by atoms with Gasteiger partial charge in [-0.25, -0.2) is 0 Å². The van der Waals surface area contributed by atoms with E-state index in [-0.39, 0.29) is 23.3 Å². The highest BCUT2D eigenvalue weighted by molar-refractivity contribution is 5.47. The van der Waals surface area contributed by atoms with Crippen molar-refractivity contribution in [2.24, 2.45) is 0 Å². The van der Waals surface area contributed by atoms with Crippen LogP contribution in [-0.4, -0.2) is 28.5 Å². The van der Waals surface area contributed by atoms with Gasteiger partial charge in [-0.3, -0.25) is 0 Å². The molecule has 0 saturated heterocycles. The molecule has 3 rings (SSSR count). The summed E-state index contributed by atoms with van der Waals surface area (Å²) in [6, 6.07) is 9.75. The lowest BCUT2D eigenvalue weighted by molar-refractivity contribution is 0.259. The average molecular weight is 287 g/mol. The van der Waals surface area contributed by atoms with Crippen molar-refractivity contribution in [3.63, 3.8) is 0 Å². The van der Waals surface area contributed by atoms with Gasteiger partial charge in [0.05, 0.1) is 6.04 Å². The summed E-state index contributed by atoms with van der Waals surface area (Å²) in [5, 5.41) is 32.0. The van der Waals surface area contributed by atoms with Gasteiger partial charge in [0.15, 0.2) is 11.5 Å². The van der Waals surface area contributed by atoms with Crippen molar-refractivity contribution >= 4 is 0 Å². The lowest BCUT2D eigenvalue weighted by Crippen LogP contribution is -2.33. The molecular weight excluding hydrogens is 270 g/mol. The van der Waals surface area contributed by atoms with Crippen LogP contribution in [-0.2, 0) is 6.42 Å². The molecule has 4 N–H and O–H groups in total. The quantitative estimate of drug-likeness (QED) is 0.650. The molecule has 0 aliphatic carbocycles. The van der Waals surface area contributed by atoms with Gasteiger partial charge in [-0.2, -0.15) is 0 Å². The summed E-state index contributed by atoms with van der Waals surface area (Å²) in [6.45, 7) is 1.16. The van der Waals surface area contributed by atoms with E-state index in [0.717, 1.165) is 24.1 Å². The number of ether oxygens (including phenoxy) is 1. The monoisotopic (exact) mass is 287 g/mol. The van der Waals surface area contributed by atoms with Crippen LogP contribution >= 0.6 is 0 Å². The molecule has 0 amide bonds. The van der Waals surface area contributed by atoms with Crippen molar-refractivity contribution in [2.75, 3.05) is 13.2 Å². The molecule has 1 atom stereocenters. The van der Waals surface area contributed by atoms with Crippen LogP contribution in [0.5, 0.6) is 23.0 Å². The number of rotatable bonds is 3. The van der Waals surface area contributed by atoms with Crippen LogP contribution in [0.4, 0.5) is 0 Å². The lowest BCUT2D eigenvalue weighted by atomic mass is 9.94. The van der Waals surface area contributed by atoms with E-state index in [4.69, 9.17) is 4.74 Å². The molecule has 110 valence electrons. The maximum atomic E-state index is 9.66. The Morgan fingerprint density at radius 3 is 2.71 bits per heavy atom. The second-order valence-electron chi connectivity index (χ2n) is 5.10. The van der Waals surface area contributed by atoms with Crippen molar-refractivity contribution in [1.82, 2.24) is 5.32 Å². The minimum absolute atomic E-state index is 0.0670. The SMILES string of the molecule is Oc1cccc(OCC2NCCc3cc(O)c(O)cc32)c1. The Morgan fingerprint density at radius 2 is 1.90 bits per heavy atom. The number of aromatic hydroxyl groups is 3. The molecule has 5 heteroatoms. The number of phenols is 3. The highest BCUT2D eigenvalue weighted by Gasteiger charge is 2.22. The zero-order valence-corrected chi connectivity index (χ0v) is 11.4. The van der Waals surface area contributed by atoms with Crippen LogP contribution in [0.15, 0.2) is 36.4 Å². The van der Waals surface area contributed by atoms with Gasteiger partial charge in [-0.1, -0.05) is 6.07 Å². The van der Waals surface area contributed by atoms with Crippen LogP contribution in [0.25, 0.3) is 0 Å². The second kappa shape index (κ2) is 5.54. The summed E-state index contributed by atoms with van der Waals surface area (Å²) < 4.78 is 5.69. The average Bonchev–Trinajstić information content (AvgIpc) is 2.46. The van der Waals surface area contributed by atoms with E-state index in [1.165, 1.54) is 0 Å². The Balaban J connectivity index is 1.77.